The van der Waals surface area contributed by atoms with Gasteiger partial charge >= 0.3 is 0 Å². The molecule has 0 bridgehead atoms. The minimum atomic E-state index is 0.662. The summed E-state index contributed by atoms with van der Waals surface area (Å²) < 4.78 is 1.22. The predicted molar refractivity (Wildman–Crippen MR) is 77.6 cm³/mol. The van der Waals surface area contributed by atoms with Crippen molar-refractivity contribution in [1.82, 2.24) is 5.32 Å². The Hall–Kier alpha value is -0.540. The highest BCUT2D eigenvalue weighted by molar-refractivity contribution is 9.10. The molecule has 1 saturated heterocycles. The standard InChI is InChI=1S/C14H21BrN2/c1-11-5-3-4-8-17(11)14-7-6-12(10-16-2)9-13(14)15/h6-7,9,11,16H,3-5,8,10H2,1-2H3. The summed E-state index contributed by atoms with van der Waals surface area (Å²) in [5.74, 6) is 0. The molecule has 1 fully saturated rings. The third-order valence-corrected chi connectivity index (χ3v) is 4.14. The van der Waals surface area contributed by atoms with Gasteiger partial charge in [-0.2, -0.15) is 0 Å². The molecule has 1 aliphatic heterocycles. The summed E-state index contributed by atoms with van der Waals surface area (Å²) >= 11 is 3.71. The summed E-state index contributed by atoms with van der Waals surface area (Å²) in [6.45, 7) is 4.44. The Morgan fingerprint density at radius 1 is 1.41 bits per heavy atom. The Bertz CT molecular complexity index is 378. The number of rotatable bonds is 3. The predicted octanol–water partition coefficient (Wildman–Crippen LogP) is 3.55. The highest BCUT2D eigenvalue weighted by atomic mass is 79.9. The monoisotopic (exact) mass is 296 g/mol. The normalized spacial score (nSPS) is 20.6. The number of halogens is 1. The maximum atomic E-state index is 3.71. The van der Waals surface area contributed by atoms with Gasteiger partial charge in [-0.25, -0.2) is 0 Å². The van der Waals surface area contributed by atoms with E-state index in [9.17, 15) is 0 Å². The quantitative estimate of drug-likeness (QED) is 0.918. The van der Waals surface area contributed by atoms with E-state index >= 15 is 0 Å². The topological polar surface area (TPSA) is 15.3 Å². The van der Waals surface area contributed by atoms with Gasteiger partial charge in [0.05, 0.1) is 5.69 Å². The maximum Gasteiger partial charge on any atom is 0.0513 e. The molecule has 1 N–H and O–H groups in total. The van der Waals surface area contributed by atoms with E-state index in [1.165, 1.54) is 41.5 Å². The summed E-state index contributed by atoms with van der Waals surface area (Å²) in [5.41, 5.74) is 2.67. The average molecular weight is 297 g/mol. The fraction of sp³-hybridized carbons (Fsp3) is 0.571. The molecule has 0 saturated carbocycles. The number of hydrogen-bond donors (Lipinski definition) is 1. The summed E-state index contributed by atoms with van der Waals surface area (Å²) in [7, 11) is 1.98. The third kappa shape index (κ3) is 3.02. The molecule has 1 atom stereocenters. The molecule has 94 valence electrons. The molecule has 1 heterocycles. The fourth-order valence-corrected chi connectivity index (χ4v) is 3.21. The van der Waals surface area contributed by atoms with E-state index in [-0.39, 0.29) is 0 Å². The summed E-state index contributed by atoms with van der Waals surface area (Å²) in [5, 5.41) is 3.18. The second kappa shape index (κ2) is 5.87. The van der Waals surface area contributed by atoms with Crippen LogP contribution in [0.4, 0.5) is 5.69 Å². The van der Waals surface area contributed by atoms with E-state index in [0.717, 1.165) is 6.54 Å². The van der Waals surface area contributed by atoms with Crippen LogP contribution in [0.2, 0.25) is 0 Å². The van der Waals surface area contributed by atoms with E-state index in [0.29, 0.717) is 6.04 Å². The van der Waals surface area contributed by atoms with Crippen LogP contribution in [0.1, 0.15) is 31.7 Å². The largest absolute Gasteiger partial charge is 0.368 e. The first kappa shape index (κ1) is 12.9. The van der Waals surface area contributed by atoms with Crippen LogP contribution < -0.4 is 10.2 Å². The molecule has 1 aromatic rings. The summed E-state index contributed by atoms with van der Waals surface area (Å²) in [4.78, 5) is 2.52. The van der Waals surface area contributed by atoms with Crippen molar-refractivity contribution in [2.75, 3.05) is 18.5 Å². The van der Waals surface area contributed by atoms with Gasteiger partial charge in [0, 0.05) is 23.6 Å². The van der Waals surface area contributed by atoms with E-state index in [4.69, 9.17) is 0 Å². The van der Waals surface area contributed by atoms with Crippen LogP contribution in [-0.4, -0.2) is 19.6 Å². The first-order valence-corrected chi connectivity index (χ1v) is 7.21. The second-order valence-corrected chi connectivity index (χ2v) is 5.71. The molecule has 3 heteroatoms. The zero-order valence-electron chi connectivity index (χ0n) is 10.7. The lowest BCUT2D eigenvalue weighted by molar-refractivity contribution is 0.484. The average Bonchev–Trinajstić information content (AvgIpc) is 2.31. The number of nitrogens with zero attached hydrogens (tertiary/aromatic N) is 1. The van der Waals surface area contributed by atoms with Crippen molar-refractivity contribution in [2.24, 2.45) is 0 Å². The molecule has 0 amide bonds. The number of hydrogen-bond acceptors (Lipinski definition) is 2. The SMILES string of the molecule is CNCc1ccc(N2CCCCC2C)c(Br)c1. The molecule has 1 aliphatic rings. The van der Waals surface area contributed by atoms with Gasteiger partial charge < -0.3 is 10.2 Å². The van der Waals surface area contributed by atoms with Gasteiger partial charge in [-0.15, -0.1) is 0 Å². The first-order chi connectivity index (χ1) is 8.22. The van der Waals surface area contributed by atoms with Gasteiger partial charge in [0.25, 0.3) is 0 Å². The smallest absolute Gasteiger partial charge is 0.0513 e. The zero-order chi connectivity index (χ0) is 12.3. The van der Waals surface area contributed by atoms with E-state index in [1.54, 1.807) is 0 Å². The first-order valence-electron chi connectivity index (χ1n) is 6.42. The molecule has 2 nitrogen and oxygen atoms in total. The van der Waals surface area contributed by atoms with E-state index in [1.807, 2.05) is 7.05 Å². The van der Waals surface area contributed by atoms with Gasteiger partial charge in [-0.3, -0.25) is 0 Å². The molecule has 1 unspecified atom stereocenters. The number of benzene rings is 1. The van der Waals surface area contributed by atoms with Gasteiger partial charge in [0.2, 0.25) is 0 Å². The van der Waals surface area contributed by atoms with Crippen LogP contribution in [0, 0.1) is 0 Å². The van der Waals surface area contributed by atoms with Crippen LogP contribution in [0.3, 0.4) is 0 Å². The van der Waals surface area contributed by atoms with Crippen molar-refractivity contribution in [3.8, 4) is 0 Å². The van der Waals surface area contributed by atoms with Gasteiger partial charge in [0.15, 0.2) is 0 Å². The zero-order valence-corrected chi connectivity index (χ0v) is 12.3. The lowest BCUT2D eigenvalue weighted by Gasteiger charge is -2.36. The van der Waals surface area contributed by atoms with Crippen LogP contribution in [0.15, 0.2) is 22.7 Å². The fourth-order valence-electron chi connectivity index (χ4n) is 2.55. The van der Waals surface area contributed by atoms with Crippen molar-refractivity contribution in [3.05, 3.63) is 28.2 Å². The van der Waals surface area contributed by atoms with Crippen molar-refractivity contribution in [3.63, 3.8) is 0 Å². The van der Waals surface area contributed by atoms with Crippen LogP contribution in [0.5, 0.6) is 0 Å². The minimum Gasteiger partial charge on any atom is -0.368 e. The van der Waals surface area contributed by atoms with Gasteiger partial charge in [-0.1, -0.05) is 6.07 Å². The lowest BCUT2D eigenvalue weighted by Crippen LogP contribution is -2.37. The molecule has 0 spiro atoms. The van der Waals surface area contributed by atoms with Crippen molar-refractivity contribution < 1.29 is 0 Å². The Kier molecular flexibility index (Phi) is 4.46. The maximum absolute atomic E-state index is 3.71. The Morgan fingerprint density at radius 2 is 2.24 bits per heavy atom. The van der Waals surface area contributed by atoms with E-state index in [2.05, 4.69) is 51.3 Å². The van der Waals surface area contributed by atoms with Crippen molar-refractivity contribution in [1.29, 1.82) is 0 Å². The lowest BCUT2D eigenvalue weighted by atomic mass is 10.0. The Morgan fingerprint density at radius 3 is 2.88 bits per heavy atom. The minimum absolute atomic E-state index is 0.662. The molecule has 2 rings (SSSR count). The molecular formula is C14H21BrN2. The molecular weight excluding hydrogens is 276 g/mol. The summed E-state index contributed by atoms with van der Waals surface area (Å²) in [6, 6.07) is 7.36. The van der Waals surface area contributed by atoms with Crippen LogP contribution in [0.25, 0.3) is 0 Å². The molecule has 0 aliphatic carbocycles. The highest BCUT2D eigenvalue weighted by Crippen LogP contribution is 2.32. The third-order valence-electron chi connectivity index (χ3n) is 3.51. The highest BCUT2D eigenvalue weighted by Gasteiger charge is 2.20. The second-order valence-electron chi connectivity index (χ2n) is 4.85. The van der Waals surface area contributed by atoms with Crippen LogP contribution in [-0.2, 0) is 6.54 Å². The molecule has 0 aromatic heterocycles. The Balaban J connectivity index is 2.20. The van der Waals surface area contributed by atoms with Crippen molar-refractivity contribution >= 4 is 21.6 Å². The molecule has 1 aromatic carbocycles. The van der Waals surface area contributed by atoms with Crippen LogP contribution >= 0.6 is 15.9 Å². The summed E-state index contributed by atoms with van der Waals surface area (Å²) in [6.07, 6.45) is 3.99. The van der Waals surface area contributed by atoms with Gasteiger partial charge in [-0.05, 0) is 66.9 Å². The molecule has 0 radical (unpaired) electrons. The van der Waals surface area contributed by atoms with Crippen molar-refractivity contribution in [2.45, 2.75) is 38.8 Å². The van der Waals surface area contributed by atoms with E-state index < -0.39 is 0 Å². The number of anilines is 1. The molecule has 17 heavy (non-hydrogen) atoms. The Labute approximate surface area is 113 Å². The van der Waals surface area contributed by atoms with Gasteiger partial charge in [0.1, 0.15) is 0 Å². The number of piperidine rings is 1. The number of nitrogens with one attached hydrogen (secondary N) is 1.